The van der Waals surface area contributed by atoms with Crippen LogP contribution in [0.4, 0.5) is 0 Å². The summed E-state index contributed by atoms with van der Waals surface area (Å²) in [5.74, 6) is 0.0344. The third-order valence-electron chi connectivity index (χ3n) is 4.42. The average molecular weight is 439 g/mol. The Bertz CT molecular complexity index is 1380. The number of aromatic amines is 2. The fourth-order valence-corrected chi connectivity index (χ4v) is 3.43. The standard InChI is InChI=1S/C20H15BrN4O3/c1-2-4-11-5-3-6-12(18(11)26)10-22-25-19(27)17-16(24-20(25)28)14-9-13(21)7-8-15(14)23-17/h2-3,5-10,23,26H,1,4H2,(H,24,28). The molecule has 0 fully saturated rings. The highest BCUT2D eigenvalue weighted by Crippen LogP contribution is 2.24. The first-order valence-corrected chi connectivity index (χ1v) is 9.21. The smallest absolute Gasteiger partial charge is 0.350 e. The van der Waals surface area contributed by atoms with E-state index in [4.69, 9.17) is 0 Å². The maximum absolute atomic E-state index is 12.8. The lowest BCUT2D eigenvalue weighted by molar-refractivity contribution is 0.469. The number of nitrogens with zero attached hydrogens (tertiary/aromatic N) is 2. The van der Waals surface area contributed by atoms with Gasteiger partial charge < -0.3 is 15.1 Å². The Kier molecular flexibility index (Phi) is 4.48. The molecule has 0 saturated carbocycles. The summed E-state index contributed by atoms with van der Waals surface area (Å²) < 4.78 is 1.56. The van der Waals surface area contributed by atoms with Gasteiger partial charge in [0.05, 0.1) is 11.7 Å². The molecule has 7 nitrogen and oxygen atoms in total. The van der Waals surface area contributed by atoms with E-state index in [0.29, 0.717) is 23.1 Å². The molecule has 0 radical (unpaired) electrons. The van der Waals surface area contributed by atoms with Crippen molar-refractivity contribution >= 4 is 44.1 Å². The molecule has 140 valence electrons. The monoisotopic (exact) mass is 438 g/mol. The molecule has 0 unspecified atom stereocenters. The zero-order valence-electron chi connectivity index (χ0n) is 14.6. The fourth-order valence-electron chi connectivity index (χ4n) is 3.07. The van der Waals surface area contributed by atoms with Crippen molar-refractivity contribution < 1.29 is 5.11 Å². The van der Waals surface area contributed by atoms with Crippen LogP contribution >= 0.6 is 15.9 Å². The number of phenols is 1. The third-order valence-corrected chi connectivity index (χ3v) is 4.91. The van der Waals surface area contributed by atoms with E-state index in [1.807, 2.05) is 18.2 Å². The van der Waals surface area contributed by atoms with Crippen molar-refractivity contribution in [2.75, 3.05) is 0 Å². The number of H-pyrrole nitrogens is 2. The van der Waals surface area contributed by atoms with Gasteiger partial charge in [-0.3, -0.25) is 4.79 Å². The second-order valence-electron chi connectivity index (χ2n) is 6.20. The van der Waals surface area contributed by atoms with Crippen LogP contribution in [0.3, 0.4) is 0 Å². The Hall–Kier alpha value is -3.39. The second-order valence-corrected chi connectivity index (χ2v) is 7.12. The van der Waals surface area contributed by atoms with Crippen LogP contribution < -0.4 is 11.2 Å². The number of aromatic hydroxyl groups is 1. The average Bonchev–Trinajstić information content (AvgIpc) is 3.02. The van der Waals surface area contributed by atoms with Gasteiger partial charge in [0.15, 0.2) is 0 Å². The molecule has 4 aromatic rings. The summed E-state index contributed by atoms with van der Waals surface area (Å²) in [6, 6.07) is 10.6. The van der Waals surface area contributed by atoms with Crippen LogP contribution in [0.15, 0.2) is 68.2 Å². The number of para-hydroxylation sites is 1. The lowest BCUT2D eigenvalue weighted by Gasteiger charge is -2.04. The van der Waals surface area contributed by atoms with Crippen LogP contribution in [-0.2, 0) is 6.42 Å². The van der Waals surface area contributed by atoms with Gasteiger partial charge in [-0.2, -0.15) is 5.10 Å². The minimum absolute atomic E-state index is 0.0344. The SMILES string of the molecule is C=CCc1cccc(C=Nn2c(=O)[nH]c3c([nH]c4ccc(Br)cc43)c2=O)c1O. The van der Waals surface area contributed by atoms with Gasteiger partial charge in [-0.15, -0.1) is 11.3 Å². The van der Waals surface area contributed by atoms with Gasteiger partial charge in [0.25, 0.3) is 0 Å². The minimum atomic E-state index is -0.670. The molecule has 28 heavy (non-hydrogen) atoms. The predicted octanol–water partition coefficient (Wildman–Crippen LogP) is 3.25. The predicted molar refractivity (Wildman–Crippen MR) is 113 cm³/mol. The Morgan fingerprint density at radius 3 is 2.79 bits per heavy atom. The van der Waals surface area contributed by atoms with Crippen molar-refractivity contribution in [3.8, 4) is 5.75 Å². The van der Waals surface area contributed by atoms with Crippen molar-refractivity contribution in [1.29, 1.82) is 0 Å². The molecule has 2 heterocycles. The number of hydrogen-bond acceptors (Lipinski definition) is 4. The normalized spacial score (nSPS) is 11.6. The van der Waals surface area contributed by atoms with Crippen molar-refractivity contribution in [3.63, 3.8) is 0 Å². The summed E-state index contributed by atoms with van der Waals surface area (Å²) in [4.78, 5) is 31.0. The van der Waals surface area contributed by atoms with E-state index < -0.39 is 11.2 Å². The number of hydrogen-bond donors (Lipinski definition) is 3. The highest BCUT2D eigenvalue weighted by molar-refractivity contribution is 9.10. The van der Waals surface area contributed by atoms with Gasteiger partial charge in [0.1, 0.15) is 11.3 Å². The minimum Gasteiger partial charge on any atom is -0.507 e. The molecule has 2 aromatic carbocycles. The van der Waals surface area contributed by atoms with Gasteiger partial charge >= 0.3 is 11.2 Å². The molecule has 0 amide bonds. The van der Waals surface area contributed by atoms with E-state index in [2.05, 4.69) is 37.6 Å². The highest BCUT2D eigenvalue weighted by Gasteiger charge is 2.13. The lowest BCUT2D eigenvalue weighted by atomic mass is 10.1. The summed E-state index contributed by atoms with van der Waals surface area (Å²) in [7, 11) is 0. The van der Waals surface area contributed by atoms with Crippen molar-refractivity contribution in [3.05, 3.63) is 85.5 Å². The highest BCUT2D eigenvalue weighted by atomic mass is 79.9. The van der Waals surface area contributed by atoms with E-state index >= 15 is 0 Å². The van der Waals surface area contributed by atoms with E-state index in [-0.39, 0.29) is 11.3 Å². The van der Waals surface area contributed by atoms with Crippen LogP contribution in [0.5, 0.6) is 5.75 Å². The molecular weight excluding hydrogens is 424 g/mol. The molecule has 0 aliphatic carbocycles. The van der Waals surface area contributed by atoms with Crippen LogP contribution in [0.2, 0.25) is 0 Å². The third kappa shape index (κ3) is 2.97. The number of phenolic OH excluding ortho intramolecular Hbond substituents is 1. The van der Waals surface area contributed by atoms with Gasteiger partial charge in [-0.1, -0.05) is 34.1 Å². The molecule has 4 rings (SSSR count). The first-order valence-electron chi connectivity index (χ1n) is 8.42. The van der Waals surface area contributed by atoms with Crippen molar-refractivity contribution in [2.45, 2.75) is 6.42 Å². The maximum atomic E-state index is 12.8. The Balaban J connectivity index is 1.86. The first-order chi connectivity index (χ1) is 13.5. The summed E-state index contributed by atoms with van der Waals surface area (Å²) >= 11 is 3.39. The van der Waals surface area contributed by atoms with E-state index in [1.165, 1.54) is 6.21 Å². The summed E-state index contributed by atoms with van der Waals surface area (Å²) in [5.41, 5.74) is 1.22. The van der Waals surface area contributed by atoms with E-state index in [9.17, 15) is 14.7 Å². The molecule has 2 aromatic heterocycles. The summed E-state index contributed by atoms with van der Waals surface area (Å²) in [6.45, 7) is 3.65. The van der Waals surface area contributed by atoms with Gasteiger partial charge in [0, 0.05) is 20.9 Å². The summed E-state index contributed by atoms with van der Waals surface area (Å²) in [6.07, 6.45) is 3.45. The molecule has 3 N–H and O–H groups in total. The van der Waals surface area contributed by atoms with Crippen LogP contribution in [0.1, 0.15) is 11.1 Å². The number of fused-ring (bicyclic) bond motifs is 3. The largest absolute Gasteiger partial charge is 0.507 e. The lowest BCUT2D eigenvalue weighted by Crippen LogP contribution is -2.32. The second kappa shape index (κ2) is 6.97. The Morgan fingerprint density at radius 2 is 2.00 bits per heavy atom. The quantitative estimate of drug-likeness (QED) is 0.336. The number of allylic oxidation sites excluding steroid dienone is 1. The van der Waals surface area contributed by atoms with Crippen molar-refractivity contribution in [1.82, 2.24) is 14.6 Å². The Labute approximate surface area is 166 Å². The summed E-state index contributed by atoms with van der Waals surface area (Å²) in [5, 5.41) is 15.0. The maximum Gasteiger partial charge on any atom is 0.350 e. The molecular formula is C20H15BrN4O3. The topological polar surface area (TPSA) is 103 Å². The first kappa shape index (κ1) is 18.0. The van der Waals surface area contributed by atoms with Crippen LogP contribution in [0, 0.1) is 0 Å². The molecule has 0 aliphatic heterocycles. The molecule has 0 aliphatic rings. The van der Waals surface area contributed by atoms with E-state index in [1.54, 1.807) is 24.3 Å². The van der Waals surface area contributed by atoms with Gasteiger partial charge in [-0.25, -0.2) is 4.79 Å². The fraction of sp³-hybridized carbons (Fsp3) is 0.0500. The number of halogens is 1. The van der Waals surface area contributed by atoms with E-state index in [0.717, 1.165) is 20.1 Å². The van der Waals surface area contributed by atoms with Crippen LogP contribution in [-0.4, -0.2) is 26.0 Å². The number of nitrogens with one attached hydrogen (secondary N) is 2. The zero-order valence-corrected chi connectivity index (χ0v) is 16.2. The van der Waals surface area contributed by atoms with Gasteiger partial charge in [0.2, 0.25) is 0 Å². The Morgan fingerprint density at radius 1 is 1.18 bits per heavy atom. The van der Waals surface area contributed by atoms with Gasteiger partial charge in [-0.05, 0) is 36.2 Å². The van der Waals surface area contributed by atoms with Crippen molar-refractivity contribution in [2.24, 2.45) is 5.10 Å². The molecule has 0 bridgehead atoms. The molecule has 0 atom stereocenters. The van der Waals surface area contributed by atoms with Crippen LogP contribution in [0.25, 0.3) is 21.9 Å². The zero-order chi connectivity index (χ0) is 19.8. The number of rotatable bonds is 4. The molecule has 8 heteroatoms. The molecule has 0 saturated heterocycles. The number of benzene rings is 2. The number of aromatic nitrogens is 3. The molecule has 0 spiro atoms.